The van der Waals surface area contributed by atoms with E-state index >= 15 is 0 Å². The summed E-state index contributed by atoms with van der Waals surface area (Å²) in [7, 11) is 1.86. The number of carbonyl (C=O) groups is 1. The van der Waals surface area contributed by atoms with Gasteiger partial charge >= 0.3 is 0 Å². The third-order valence-electron chi connectivity index (χ3n) is 3.95. The molecule has 1 amide bonds. The Labute approximate surface area is 114 Å². The lowest BCUT2D eigenvalue weighted by Gasteiger charge is -2.36. The van der Waals surface area contributed by atoms with Gasteiger partial charge in [0.15, 0.2) is 0 Å². The largest absolute Gasteiger partial charge is 0.343 e. The smallest absolute Gasteiger partial charge is 0.219 e. The average Bonchev–Trinajstić information content (AvgIpc) is 2.41. The van der Waals surface area contributed by atoms with Crippen molar-refractivity contribution in [2.45, 2.75) is 32.4 Å². The number of amides is 1. The molecule has 0 aliphatic carbocycles. The summed E-state index contributed by atoms with van der Waals surface area (Å²) >= 11 is 0. The zero-order valence-electron chi connectivity index (χ0n) is 11.6. The molecule has 0 saturated carbocycles. The van der Waals surface area contributed by atoms with Gasteiger partial charge in [-0.1, -0.05) is 18.2 Å². The Balaban J connectivity index is 1.87. The molecule has 0 unspecified atom stereocenters. The first kappa shape index (κ1) is 14.0. The Kier molecular flexibility index (Phi) is 4.53. The lowest BCUT2D eigenvalue weighted by molar-refractivity contribution is -0.130. The predicted octanol–water partition coefficient (Wildman–Crippen LogP) is 2.27. The average molecular weight is 264 g/mol. The Morgan fingerprint density at radius 3 is 2.58 bits per heavy atom. The summed E-state index contributed by atoms with van der Waals surface area (Å²) in [6, 6.07) is 7.26. The molecular weight excluding hydrogens is 243 g/mol. The molecule has 1 aliphatic rings. The van der Waals surface area contributed by atoms with Crippen LogP contribution in [0.15, 0.2) is 24.3 Å². The number of benzene rings is 1. The first-order valence-corrected chi connectivity index (χ1v) is 6.77. The highest BCUT2D eigenvalue weighted by Crippen LogP contribution is 2.18. The number of hydrogen-bond acceptors (Lipinski definition) is 2. The van der Waals surface area contributed by atoms with Gasteiger partial charge in [0.1, 0.15) is 5.82 Å². The number of hydrogen-bond donors (Lipinski definition) is 0. The molecule has 1 saturated heterocycles. The van der Waals surface area contributed by atoms with Crippen LogP contribution in [0.4, 0.5) is 4.39 Å². The zero-order valence-corrected chi connectivity index (χ0v) is 11.6. The van der Waals surface area contributed by atoms with Crippen LogP contribution in [0.25, 0.3) is 0 Å². The minimum Gasteiger partial charge on any atom is -0.343 e. The van der Waals surface area contributed by atoms with Gasteiger partial charge in [-0.15, -0.1) is 0 Å². The zero-order chi connectivity index (χ0) is 13.8. The molecule has 0 atom stereocenters. The Morgan fingerprint density at radius 2 is 2.00 bits per heavy atom. The predicted molar refractivity (Wildman–Crippen MR) is 73.1 cm³/mol. The van der Waals surface area contributed by atoms with Gasteiger partial charge in [0.25, 0.3) is 0 Å². The van der Waals surface area contributed by atoms with Crippen LogP contribution in [0.5, 0.6) is 0 Å². The molecule has 3 nitrogen and oxygen atoms in total. The van der Waals surface area contributed by atoms with Crippen molar-refractivity contribution in [3.05, 3.63) is 35.6 Å². The quantitative estimate of drug-likeness (QED) is 0.836. The van der Waals surface area contributed by atoms with E-state index in [2.05, 4.69) is 4.90 Å². The SMILES string of the molecule is CC(=O)N(C)C1CCN(Cc2ccccc2F)CC1. The Morgan fingerprint density at radius 1 is 1.37 bits per heavy atom. The lowest BCUT2D eigenvalue weighted by atomic mass is 10.0. The molecule has 0 radical (unpaired) electrons. The highest BCUT2D eigenvalue weighted by molar-refractivity contribution is 5.73. The molecule has 0 bridgehead atoms. The Bertz CT molecular complexity index is 442. The standard InChI is InChI=1S/C15H21FN2O/c1-12(19)17(2)14-7-9-18(10-8-14)11-13-5-3-4-6-15(13)16/h3-6,14H,7-11H2,1-2H3. The van der Waals surface area contributed by atoms with Gasteiger partial charge in [0, 0.05) is 45.2 Å². The Hall–Kier alpha value is -1.42. The molecule has 1 aromatic carbocycles. The van der Waals surface area contributed by atoms with Gasteiger partial charge in [-0.2, -0.15) is 0 Å². The maximum absolute atomic E-state index is 13.6. The molecule has 0 aromatic heterocycles. The van der Waals surface area contributed by atoms with Gasteiger partial charge in [-0.05, 0) is 18.9 Å². The molecule has 2 rings (SSSR count). The van der Waals surface area contributed by atoms with Crippen LogP contribution in [-0.2, 0) is 11.3 Å². The van der Waals surface area contributed by atoms with Gasteiger partial charge in [-0.3, -0.25) is 9.69 Å². The normalized spacial score (nSPS) is 17.4. The van der Waals surface area contributed by atoms with Crippen molar-refractivity contribution in [1.29, 1.82) is 0 Å². The number of nitrogens with zero attached hydrogens (tertiary/aromatic N) is 2. The summed E-state index contributed by atoms with van der Waals surface area (Å²) in [5, 5.41) is 0. The second kappa shape index (κ2) is 6.15. The maximum atomic E-state index is 13.6. The second-order valence-electron chi connectivity index (χ2n) is 5.23. The number of piperidine rings is 1. The van der Waals surface area contributed by atoms with Crippen LogP contribution in [0.2, 0.25) is 0 Å². The summed E-state index contributed by atoms with van der Waals surface area (Å²) in [5.74, 6) is -0.0157. The first-order valence-electron chi connectivity index (χ1n) is 6.77. The van der Waals surface area contributed by atoms with Gasteiger partial charge in [-0.25, -0.2) is 4.39 Å². The molecule has 1 fully saturated rings. The maximum Gasteiger partial charge on any atom is 0.219 e. The summed E-state index contributed by atoms with van der Waals surface area (Å²) in [6.45, 7) is 4.09. The van der Waals surface area contributed by atoms with E-state index in [1.165, 1.54) is 6.07 Å². The molecule has 1 heterocycles. The molecule has 1 aliphatic heterocycles. The molecule has 19 heavy (non-hydrogen) atoms. The second-order valence-corrected chi connectivity index (χ2v) is 5.23. The fraction of sp³-hybridized carbons (Fsp3) is 0.533. The van der Waals surface area contributed by atoms with Crippen LogP contribution in [-0.4, -0.2) is 41.9 Å². The van der Waals surface area contributed by atoms with Gasteiger partial charge in [0.05, 0.1) is 0 Å². The van der Waals surface area contributed by atoms with Gasteiger partial charge < -0.3 is 4.90 Å². The topological polar surface area (TPSA) is 23.6 Å². The minimum absolute atomic E-state index is 0.118. The number of rotatable bonds is 3. The molecule has 104 valence electrons. The summed E-state index contributed by atoms with van der Waals surface area (Å²) in [4.78, 5) is 15.4. The van der Waals surface area contributed by atoms with E-state index < -0.39 is 0 Å². The van der Waals surface area contributed by atoms with Crippen LogP contribution in [0.1, 0.15) is 25.3 Å². The summed E-state index contributed by atoms with van der Waals surface area (Å²) in [5.41, 5.74) is 0.751. The van der Waals surface area contributed by atoms with E-state index in [9.17, 15) is 9.18 Å². The van der Waals surface area contributed by atoms with Crippen molar-refractivity contribution in [2.24, 2.45) is 0 Å². The van der Waals surface area contributed by atoms with E-state index in [4.69, 9.17) is 0 Å². The van der Waals surface area contributed by atoms with Gasteiger partial charge in [0.2, 0.25) is 5.91 Å². The lowest BCUT2D eigenvalue weighted by Crippen LogP contribution is -2.44. The van der Waals surface area contributed by atoms with Crippen molar-refractivity contribution >= 4 is 5.91 Å². The third kappa shape index (κ3) is 3.53. The van der Waals surface area contributed by atoms with E-state index in [0.29, 0.717) is 12.6 Å². The molecule has 1 aromatic rings. The molecule has 0 N–H and O–H groups in total. The number of halogens is 1. The monoisotopic (exact) mass is 264 g/mol. The highest BCUT2D eigenvalue weighted by Gasteiger charge is 2.23. The summed E-state index contributed by atoms with van der Waals surface area (Å²) < 4.78 is 13.6. The van der Waals surface area contributed by atoms with E-state index in [1.807, 2.05) is 24.1 Å². The van der Waals surface area contributed by atoms with Crippen LogP contribution in [0.3, 0.4) is 0 Å². The van der Waals surface area contributed by atoms with E-state index in [-0.39, 0.29) is 11.7 Å². The highest BCUT2D eigenvalue weighted by atomic mass is 19.1. The van der Waals surface area contributed by atoms with Crippen molar-refractivity contribution in [3.63, 3.8) is 0 Å². The van der Waals surface area contributed by atoms with Crippen LogP contribution >= 0.6 is 0 Å². The first-order chi connectivity index (χ1) is 9.08. The number of carbonyl (C=O) groups excluding carboxylic acids is 1. The molecule has 4 heteroatoms. The van der Waals surface area contributed by atoms with Crippen LogP contribution < -0.4 is 0 Å². The van der Waals surface area contributed by atoms with E-state index in [1.54, 1.807) is 13.0 Å². The van der Waals surface area contributed by atoms with Crippen molar-refractivity contribution in [3.8, 4) is 0 Å². The number of likely N-dealkylation sites (tertiary alicyclic amines) is 1. The molecule has 0 spiro atoms. The fourth-order valence-electron chi connectivity index (χ4n) is 2.59. The summed E-state index contributed by atoms with van der Waals surface area (Å²) in [6.07, 6.45) is 1.93. The van der Waals surface area contributed by atoms with Crippen molar-refractivity contribution < 1.29 is 9.18 Å². The van der Waals surface area contributed by atoms with Crippen LogP contribution in [0, 0.1) is 5.82 Å². The fourth-order valence-corrected chi connectivity index (χ4v) is 2.59. The van der Waals surface area contributed by atoms with Crippen molar-refractivity contribution in [2.75, 3.05) is 20.1 Å². The van der Waals surface area contributed by atoms with Crippen molar-refractivity contribution in [1.82, 2.24) is 9.80 Å². The third-order valence-corrected chi connectivity index (χ3v) is 3.95. The van der Waals surface area contributed by atoms with E-state index in [0.717, 1.165) is 31.5 Å². The molecular formula is C15H21FN2O. The minimum atomic E-state index is -0.134.